The maximum atomic E-state index is 12.9. The van der Waals surface area contributed by atoms with Gasteiger partial charge in [0, 0.05) is 39.3 Å². The average Bonchev–Trinajstić information content (AvgIpc) is 3.29. The molecule has 6 heteroatoms. The van der Waals surface area contributed by atoms with Crippen LogP contribution in [0, 0.1) is 0 Å². The van der Waals surface area contributed by atoms with Crippen molar-refractivity contribution >= 4 is 28.7 Å². The monoisotopic (exact) mass is 398 g/mol. The van der Waals surface area contributed by atoms with Crippen LogP contribution in [0.1, 0.15) is 31.2 Å². The van der Waals surface area contributed by atoms with Crippen LogP contribution in [-0.2, 0) is 0 Å². The number of carbonyl (C=O) groups is 1. The smallest absolute Gasteiger partial charge is 0.321 e. The molecule has 3 heterocycles. The van der Waals surface area contributed by atoms with Gasteiger partial charge in [-0.1, -0.05) is 19.1 Å². The summed E-state index contributed by atoms with van der Waals surface area (Å²) >= 11 is 1.76. The third kappa shape index (κ3) is 4.33. The summed E-state index contributed by atoms with van der Waals surface area (Å²) in [6.07, 6.45) is 2.09. The number of hydrogen-bond donors (Lipinski definition) is 1. The van der Waals surface area contributed by atoms with E-state index in [2.05, 4.69) is 51.0 Å². The molecule has 150 valence electrons. The van der Waals surface area contributed by atoms with Gasteiger partial charge < -0.3 is 20.0 Å². The second-order valence-corrected chi connectivity index (χ2v) is 8.47. The van der Waals surface area contributed by atoms with E-state index in [1.807, 2.05) is 17.0 Å². The van der Waals surface area contributed by atoms with Crippen molar-refractivity contribution in [2.24, 2.45) is 0 Å². The van der Waals surface area contributed by atoms with Crippen LogP contribution in [0.4, 0.5) is 16.2 Å². The fourth-order valence-corrected chi connectivity index (χ4v) is 5.02. The third-order valence-corrected chi connectivity index (χ3v) is 6.80. The number of benzene rings is 1. The number of piperidine rings is 1. The van der Waals surface area contributed by atoms with Gasteiger partial charge >= 0.3 is 6.03 Å². The highest BCUT2D eigenvalue weighted by Crippen LogP contribution is 2.31. The Balaban J connectivity index is 1.36. The van der Waals surface area contributed by atoms with E-state index in [-0.39, 0.29) is 6.03 Å². The molecule has 1 aromatic heterocycles. The molecule has 2 fully saturated rings. The second-order valence-electron chi connectivity index (χ2n) is 7.69. The van der Waals surface area contributed by atoms with E-state index in [0.717, 1.165) is 70.0 Å². The lowest BCUT2D eigenvalue weighted by molar-refractivity contribution is 0.194. The number of para-hydroxylation sites is 2. The van der Waals surface area contributed by atoms with Gasteiger partial charge in [0.05, 0.1) is 11.4 Å². The average molecular weight is 399 g/mol. The molecule has 1 aromatic carbocycles. The molecule has 0 atom stereocenters. The van der Waals surface area contributed by atoms with Crippen LogP contribution >= 0.6 is 11.3 Å². The Morgan fingerprint density at radius 3 is 2.50 bits per heavy atom. The number of likely N-dealkylation sites (N-methyl/N-ethyl adjacent to an activating group) is 1. The van der Waals surface area contributed by atoms with Gasteiger partial charge in [0.1, 0.15) is 0 Å². The summed E-state index contributed by atoms with van der Waals surface area (Å²) in [5.74, 6) is 0.595. The summed E-state index contributed by atoms with van der Waals surface area (Å²) in [7, 11) is 0. The molecular formula is C22H30N4OS. The molecule has 0 bridgehead atoms. The van der Waals surface area contributed by atoms with Crippen LogP contribution in [0.3, 0.4) is 0 Å². The fourth-order valence-electron chi connectivity index (χ4n) is 4.28. The number of nitrogens with zero attached hydrogens (tertiary/aromatic N) is 3. The summed E-state index contributed by atoms with van der Waals surface area (Å²) in [5.41, 5.74) is 3.50. The van der Waals surface area contributed by atoms with E-state index in [9.17, 15) is 4.79 Å². The van der Waals surface area contributed by atoms with E-state index in [1.165, 1.54) is 5.56 Å². The number of carbonyl (C=O) groups excluding carboxylic acids is 1. The van der Waals surface area contributed by atoms with Crippen LogP contribution in [0.15, 0.2) is 41.1 Å². The van der Waals surface area contributed by atoms with Crippen LogP contribution in [0.5, 0.6) is 0 Å². The number of nitrogens with one attached hydrogen (secondary N) is 1. The van der Waals surface area contributed by atoms with Crippen molar-refractivity contribution in [3.05, 3.63) is 46.7 Å². The van der Waals surface area contributed by atoms with Crippen LogP contribution in [0.25, 0.3) is 0 Å². The summed E-state index contributed by atoms with van der Waals surface area (Å²) in [6, 6.07) is 10.5. The first-order valence-corrected chi connectivity index (χ1v) is 11.3. The highest BCUT2D eigenvalue weighted by Gasteiger charge is 2.25. The minimum Gasteiger partial charge on any atom is -0.367 e. The minimum atomic E-state index is 0.0309. The standard InChI is InChI=1S/C22H30N4OS/c1-2-24-12-14-25(15-13-24)21-6-4-3-5-20(21)23-22(27)26-10-7-18(8-11-26)19-9-16-28-17-19/h3-6,9,16-18H,2,7-8,10-15H2,1H3,(H,23,27). The zero-order chi connectivity index (χ0) is 19.3. The van der Waals surface area contributed by atoms with Crippen molar-refractivity contribution in [1.29, 1.82) is 0 Å². The number of anilines is 2. The molecule has 0 aliphatic carbocycles. The number of urea groups is 1. The van der Waals surface area contributed by atoms with Gasteiger partial charge in [-0.25, -0.2) is 4.79 Å². The van der Waals surface area contributed by atoms with Gasteiger partial charge in [-0.05, 0) is 59.8 Å². The molecule has 1 N–H and O–H groups in total. The summed E-state index contributed by atoms with van der Waals surface area (Å²) < 4.78 is 0. The second kappa shape index (κ2) is 8.97. The number of hydrogen-bond acceptors (Lipinski definition) is 4. The van der Waals surface area contributed by atoms with Gasteiger partial charge in [-0.15, -0.1) is 0 Å². The van der Waals surface area contributed by atoms with Gasteiger partial charge in [-0.2, -0.15) is 11.3 Å². The Hall–Kier alpha value is -2.05. The Bertz CT molecular complexity index is 763. The van der Waals surface area contributed by atoms with Crippen LogP contribution in [0.2, 0.25) is 0 Å². The zero-order valence-corrected chi connectivity index (χ0v) is 17.5. The first-order chi connectivity index (χ1) is 13.7. The normalized spacial score (nSPS) is 19.0. The summed E-state index contributed by atoms with van der Waals surface area (Å²) in [5, 5.41) is 7.58. The molecule has 0 radical (unpaired) electrons. The number of rotatable bonds is 4. The van der Waals surface area contributed by atoms with Crippen molar-refractivity contribution in [2.75, 3.05) is 56.0 Å². The van der Waals surface area contributed by atoms with Gasteiger partial charge in [-0.3, -0.25) is 0 Å². The van der Waals surface area contributed by atoms with Crippen molar-refractivity contribution in [3.8, 4) is 0 Å². The lowest BCUT2D eigenvalue weighted by Crippen LogP contribution is -2.46. The van der Waals surface area contributed by atoms with E-state index in [4.69, 9.17) is 0 Å². The van der Waals surface area contributed by atoms with Crippen LogP contribution in [-0.4, -0.2) is 61.6 Å². The molecule has 2 aliphatic rings. The van der Waals surface area contributed by atoms with Crippen LogP contribution < -0.4 is 10.2 Å². The SMILES string of the molecule is CCN1CCN(c2ccccc2NC(=O)N2CCC(c3ccsc3)CC2)CC1. The molecule has 28 heavy (non-hydrogen) atoms. The van der Waals surface area contributed by atoms with E-state index in [0.29, 0.717) is 5.92 Å². The first kappa shape index (κ1) is 19.3. The maximum absolute atomic E-state index is 12.9. The van der Waals surface area contributed by atoms with Crippen molar-refractivity contribution < 1.29 is 4.79 Å². The van der Waals surface area contributed by atoms with Gasteiger partial charge in [0.2, 0.25) is 0 Å². The predicted molar refractivity (Wildman–Crippen MR) is 118 cm³/mol. The first-order valence-electron chi connectivity index (χ1n) is 10.4. The largest absolute Gasteiger partial charge is 0.367 e. The van der Waals surface area contributed by atoms with Gasteiger partial charge in [0.25, 0.3) is 0 Å². The Kier molecular flexibility index (Phi) is 6.17. The molecule has 2 aliphatic heterocycles. The van der Waals surface area contributed by atoms with E-state index in [1.54, 1.807) is 11.3 Å². The highest BCUT2D eigenvalue weighted by atomic mass is 32.1. The molecule has 5 nitrogen and oxygen atoms in total. The van der Waals surface area contributed by atoms with Gasteiger partial charge in [0.15, 0.2) is 0 Å². The molecule has 2 saturated heterocycles. The Morgan fingerprint density at radius 1 is 1.07 bits per heavy atom. The zero-order valence-electron chi connectivity index (χ0n) is 16.6. The Morgan fingerprint density at radius 2 is 1.82 bits per heavy atom. The lowest BCUT2D eigenvalue weighted by atomic mass is 9.91. The topological polar surface area (TPSA) is 38.8 Å². The lowest BCUT2D eigenvalue weighted by Gasteiger charge is -2.37. The minimum absolute atomic E-state index is 0.0309. The molecule has 2 aromatic rings. The molecule has 4 rings (SSSR count). The maximum Gasteiger partial charge on any atom is 0.321 e. The Labute approximate surface area is 171 Å². The quantitative estimate of drug-likeness (QED) is 0.834. The summed E-state index contributed by atoms with van der Waals surface area (Å²) in [4.78, 5) is 19.7. The third-order valence-electron chi connectivity index (χ3n) is 6.10. The summed E-state index contributed by atoms with van der Waals surface area (Å²) in [6.45, 7) is 9.13. The number of piperazine rings is 1. The molecule has 2 amide bonds. The molecule has 0 spiro atoms. The van der Waals surface area contributed by atoms with E-state index >= 15 is 0 Å². The van der Waals surface area contributed by atoms with Crippen molar-refractivity contribution in [3.63, 3.8) is 0 Å². The molecular weight excluding hydrogens is 368 g/mol. The predicted octanol–water partition coefficient (Wildman–Crippen LogP) is 4.30. The number of thiophene rings is 1. The van der Waals surface area contributed by atoms with Crippen molar-refractivity contribution in [2.45, 2.75) is 25.7 Å². The fraction of sp³-hybridized carbons (Fsp3) is 0.500. The highest BCUT2D eigenvalue weighted by molar-refractivity contribution is 7.07. The number of likely N-dealkylation sites (tertiary alicyclic amines) is 1. The van der Waals surface area contributed by atoms with E-state index < -0.39 is 0 Å². The molecule has 0 saturated carbocycles. The number of amides is 2. The van der Waals surface area contributed by atoms with Crippen molar-refractivity contribution in [1.82, 2.24) is 9.80 Å². The molecule has 0 unspecified atom stereocenters.